The molecule has 90 valence electrons. The molecule has 2 aromatic heterocycles. The lowest BCUT2D eigenvalue weighted by Gasteiger charge is -2.02. The zero-order valence-electron chi connectivity index (χ0n) is 8.28. The first-order chi connectivity index (χ1) is 7.99. The molecule has 2 heterocycles. The highest BCUT2D eigenvalue weighted by Crippen LogP contribution is 2.23. The number of carbonyl (C=O) groups is 1. The van der Waals surface area contributed by atoms with Crippen molar-refractivity contribution in [2.24, 2.45) is 0 Å². The van der Waals surface area contributed by atoms with Crippen molar-refractivity contribution in [1.82, 2.24) is 0 Å². The van der Waals surface area contributed by atoms with Crippen LogP contribution >= 0.6 is 22.7 Å². The molecule has 5 nitrogen and oxygen atoms in total. The maximum Gasteiger partial charge on any atom is 0.336 e. The Bertz CT molecular complexity index is 627. The fraction of sp³-hybridized carbons (Fsp3) is 0. The van der Waals surface area contributed by atoms with E-state index in [1.165, 1.54) is 16.7 Å². The van der Waals surface area contributed by atoms with Gasteiger partial charge >= 0.3 is 5.97 Å². The minimum Gasteiger partial charge on any atom is -0.478 e. The van der Waals surface area contributed by atoms with Gasteiger partial charge < -0.3 is 5.11 Å². The lowest BCUT2D eigenvalue weighted by atomic mass is 10.4. The Kier molecular flexibility index (Phi) is 3.18. The molecule has 0 aromatic carbocycles. The molecule has 0 saturated carbocycles. The number of nitrogens with one attached hydrogen (secondary N) is 1. The van der Waals surface area contributed by atoms with Crippen LogP contribution in [0.2, 0.25) is 0 Å². The van der Waals surface area contributed by atoms with Crippen molar-refractivity contribution < 1.29 is 18.3 Å². The molecule has 0 unspecified atom stereocenters. The minimum absolute atomic E-state index is 0.0129. The lowest BCUT2D eigenvalue weighted by molar-refractivity contribution is 0.0697. The number of carboxylic acid groups (broad SMARTS) is 1. The summed E-state index contributed by atoms with van der Waals surface area (Å²) < 4.78 is 26.0. The van der Waals surface area contributed by atoms with Gasteiger partial charge in [0.15, 0.2) is 0 Å². The van der Waals surface area contributed by atoms with Crippen LogP contribution in [0.1, 0.15) is 10.4 Å². The molecule has 2 N–H and O–H groups in total. The summed E-state index contributed by atoms with van der Waals surface area (Å²) in [5, 5.41) is 13.4. The second-order valence-electron chi connectivity index (χ2n) is 3.08. The summed E-state index contributed by atoms with van der Waals surface area (Å²) in [5.74, 6) is -1.14. The van der Waals surface area contributed by atoms with Crippen molar-refractivity contribution in [2.45, 2.75) is 4.21 Å². The van der Waals surface area contributed by atoms with Gasteiger partial charge in [-0.1, -0.05) is 0 Å². The number of rotatable bonds is 4. The van der Waals surface area contributed by atoms with E-state index in [1.807, 2.05) is 0 Å². The zero-order chi connectivity index (χ0) is 12.5. The maximum atomic E-state index is 11.8. The first-order valence-corrected chi connectivity index (χ1v) is 7.66. The molecule has 0 spiro atoms. The van der Waals surface area contributed by atoms with E-state index in [4.69, 9.17) is 5.11 Å². The number of carboxylic acids is 1. The van der Waals surface area contributed by atoms with Crippen molar-refractivity contribution >= 4 is 44.4 Å². The predicted molar refractivity (Wildman–Crippen MR) is 66.4 cm³/mol. The van der Waals surface area contributed by atoms with E-state index in [0.717, 1.165) is 17.4 Å². The zero-order valence-corrected chi connectivity index (χ0v) is 10.7. The molecule has 17 heavy (non-hydrogen) atoms. The smallest absolute Gasteiger partial charge is 0.336 e. The molecule has 0 aliphatic rings. The van der Waals surface area contributed by atoms with Gasteiger partial charge in [-0.2, -0.15) is 11.3 Å². The third-order valence-corrected chi connectivity index (χ3v) is 5.36. The van der Waals surface area contributed by atoms with Gasteiger partial charge in [0.1, 0.15) is 4.21 Å². The van der Waals surface area contributed by atoms with Crippen molar-refractivity contribution in [2.75, 3.05) is 4.72 Å². The topological polar surface area (TPSA) is 83.5 Å². The number of anilines is 1. The highest BCUT2D eigenvalue weighted by atomic mass is 32.2. The molecule has 0 amide bonds. The Morgan fingerprint density at radius 3 is 2.65 bits per heavy atom. The van der Waals surface area contributed by atoms with Gasteiger partial charge in [-0.3, -0.25) is 4.72 Å². The van der Waals surface area contributed by atoms with Crippen LogP contribution in [0, 0.1) is 0 Å². The van der Waals surface area contributed by atoms with E-state index in [9.17, 15) is 13.2 Å². The number of hydrogen-bond acceptors (Lipinski definition) is 5. The fourth-order valence-corrected chi connectivity index (χ4v) is 3.96. The Hall–Kier alpha value is -1.38. The standard InChI is InChI=1S/C9H7NO4S3/c11-9(12)6-3-8(16-4-6)17(13,14)10-7-1-2-15-5-7/h1-5,10H,(H,11,12). The van der Waals surface area contributed by atoms with E-state index >= 15 is 0 Å². The molecular formula is C9H7NO4S3. The van der Waals surface area contributed by atoms with Crippen molar-refractivity contribution in [3.63, 3.8) is 0 Å². The van der Waals surface area contributed by atoms with E-state index in [1.54, 1.807) is 16.8 Å². The molecule has 2 rings (SSSR count). The molecule has 0 saturated heterocycles. The first-order valence-electron chi connectivity index (χ1n) is 4.36. The summed E-state index contributed by atoms with van der Waals surface area (Å²) >= 11 is 2.25. The molecule has 0 aliphatic heterocycles. The van der Waals surface area contributed by atoms with Crippen molar-refractivity contribution in [3.05, 3.63) is 33.8 Å². The van der Waals surface area contributed by atoms with Gasteiger partial charge in [0.25, 0.3) is 10.0 Å². The van der Waals surface area contributed by atoms with Gasteiger partial charge in [0, 0.05) is 10.8 Å². The van der Waals surface area contributed by atoms with Crippen LogP contribution in [-0.2, 0) is 10.0 Å². The van der Waals surface area contributed by atoms with Crippen LogP contribution < -0.4 is 4.72 Å². The molecular weight excluding hydrogens is 282 g/mol. The van der Waals surface area contributed by atoms with E-state index in [2.05, 4.69) is 4.72 Å². The van der Waals surface area contributed by atoms with E-state index in [-0.39, 0.29) is 9.77 Å². The first kappa shape index (κ1) is 12.1. The summed E-state index contributed by atoms with van der Waals surface area (Å²) in [5.41, 5.74) is 0.445. The minimum atomic E-state index is -3.68. The van der Waals surface area contributed by atoms with E-state index in [0.29, 0.717) is 5.69 Å². The third-order valence-electron chi connectivity index (χ3n) is 1.86. The summed E-state index contributed by atoms with van der Waals surface area (Å²) in [6.45, 7) is 0. The second-order valence-corrected chi connectivity index (χ2v) is 6.68. The van der Waals surface area contributed by atoms with Crippen LogP contribution in [0.15, 0.2) is 32.5 Å². The molecule has 0 fully saturated rings. The molecule has 0 atom stereocenters. The van der Waals surface area contributed by atoms with Crippen LogP contribution in [0.25, 0.3) is 0 Å². The van der Waals surface area contributed by atoms with Crippen molar-refractivity contribution in [1.29, 1.82) is 0 Å². The molecule has 0 bridgehead atoms. The monoisotopic (exact) mass is 289 g/mol. The SMILES string of the molecule is O=C(O)c1csc(S(=O)(=O)Nc2ccsc2)c1. The van der Waals surface area contributed by atoms with Crippen LogP contribution in [-0.4, -0.2) is 19.5 Å². The normalized spacial score (nSPS) is 11.3. The van der Waals surface area contributed by atoms with Crippen LogP contribution in [0.3, 0.4) is 0 Å². The van der Waals surface area contributed by atoms with Crippen molar-refractivity contribution in [3.8, 4) is 0 Å². The summed E-state index contributed by atoms with van der Waals surface area (Å²) in [4.78, 5) is 10.7. The summed E-state index contributed by atoms with van der Waals surface area (Å²) in [6.07, 6.45) is 0. The average molecular weight is 289 g/mol. The Morgan fingerprint density at radius 2 is 2.12 bits per heavy atom. The average Bonchev–Trinajstić information content (AvgIpc) is 2.84. The number of aromatic carboxylic acids is 1. The Labute approximate surface area is 105 Å². The maximum absolute atomic E-state index is 11.8. The number of thiophene rings is 2. The highest BCUT2D eigenvalue weighted by molar-refractivity contribution is 7.94. The molecule has 0 aliphatic carbocycles. The van der Waals surface area contributed by atoms with Gasteiger partial charge in [-0.05, 0) is 17.5 Å². The lowest BCUT2D eigenvalue weighted by Crippen LogP contribution is -2.10. The Balaban J connectivity index is 2.28. The largest absolute Gasteiger partial charge is 0.478 e. The van der Waals surface area contributed by atoms with Gasteiger partial charge in [0.05, 0.1) is 11.3 Å². The Morgan fingerprint density at radius 1 is 1.35 bits per heavy atom. The van der Waals surface area contributed by atoms with Crippen LogP contribution in [0.5, 0.6) is 0 Å². The van der Waals surface area contributed by atoms with Crippen LogP contribution in [0.4, 0.5) is 5.69 Å². The van der Waals surface area contributed by atoms with Gasteiger partial charge in [-0.25, -0.2) is 13.2 Å². The van der Waals surface area contributed by atoms with Gasteiger partial charge in [0.2, 0.25) is 0 Å². The van der Waals surface area contributed by atoms with E-state index < -0.39 is 16.0 Å². The second kappa shape index (κ2) is 4.47. The molecule has 2 aromatic rings. The number of sulfonamides is 1. The summed E-state index contributed by atoms with van der Waals surface area (Å²) in [7, 11) is -3.68. The van der Waals surface area contributed by atoms with Gasteiger partial charge in [-0.15, -0.1) is 11.3 Å². The summed E-state index contributed by atoms with van der Waals surface area (Å²) in [6, 6.07) is 2.77. The fourth-order valence-electron chi connectivity index (χ4n) is 1.10. The highest BCUT2D eigenvalue weighted by Gasteiger charge is 2.18. The predicted octanol–water partition coefficient (Wildman–Crippen LogP) is 2.31. The third kappa shape index (κ3) is 2.65. The number of hydrogen-bond donors (Lipinski definition) is 2. The molecule has 8 heteroatoms. The molecule has 0 radical (unpaired) electrons. The quantitative estimate of drug-likeness (QED) is 0.904.